The molecular weight excluding hydrogens is 248 g/mol. The average Bonchev–Trinajstić information content (AvgIpc) is 3.00. The third-order valence-corrected chi connectivity index (χ3v) is 3.96. The number of nitrogens with one attached hydrogen (secondary N) is 1. The fourth-order valence-electron chi connectivity index (χ4n) is 1.64. The summed E-state index contributed by atoms with van der Waals surface area (Å²) in [4.78, 5) is 5.54. The quantitative estimate of drug-likeness (QED) is 0.844. The van der Waals surface area contributed by atoms with E-state index in [1.165, 1.54) is 4.88 Å². The zero-order valence-electron chi connectivity index (χ0n) is 10.6. The van der Waals surface area contributed by atoms with Gasteiger partial charge in [-0.3, -0.25) is 0 Å². The van der Waals surface area contributed by atoms with Crippen molar-refractivity contribution in [1.82, 2.24) is 10.3 Å². The second kappa shape index (κ2) is 6.13. The molecular formula is C13H18N2O2S. The maximum Gasteiger partial charge on any atom is 0.123 e. The lowest BCUT2D eigenvalue weighted by Gasteiger charge is -2.12. The van der Waals surface area contributed by atoms with Gasteiger partial charge in [0, 0.05) is 23.5 Å². The van der Waals surface area contributed by atoms with Crippen LogP contribution < -0.4 is 5.32 Å². The van der Waals surface area contributed by atoms with Crippen LogP contribution in [0, 0.1) is 0 Å². The number of aliphatic hydroxyl groups excluding tert-OH is 1. The first-order valence-electron chi connectivity index (χ1n) is 6.03. The number of thiazole rings is 1. The number of nitrogens with zero attached hydrogens (tertiary/aromatic N) is 1. The molecule has 0 fully saturated rings. The molecule has 0 amide bonds. The van der Waals surface area contributed by atoms with Crippen molar-refractivity contribution in [3.8, 4) is 0 Å². The number of aliphatic hydroxyl groups is 1. The van der Waals surface area contributed by atoms with Crippen LogP contribution in [-0.2, 0) is 6.54 Å². The number of rotatable bonds is 6. The normalized spacial score (nSPS) is 13.1. The van der Waals surface area contributed by atoms with Gasteiger partial charge >= 0.3 is 0 Å². The third-order valence-electron chi connectivity index (χ3n) is 2.66. The second-order valence-electron chi connectivity index (χ2n) is 4.45. The maximum absolute atomic E-state index is 9.33. The Morgan fingerprint density at radius 2 is 2.33 bits per heavy atom. The Morgan fingerprint density at radius 3 is 2.89 bits per heavy atom. The molecule has 1 atom stereocenters. The third kappa shape index (κ3) is 3.19. The van der Waals surface area contributed by atoms with Crippen LogP contribution in [0.25, 0.3) is 0 Å². The van der Waals surface area contributed by atoms with E-state index in [9.17, 15) is 5.11 Å². The highest BCUT2D eigenvalue weighted by molar-refractivity contribution is 7.11. The molecule has 2 heterocycles. The van der Waals surface area contributed by atoms with Gasteiger partial charge in [0.05, 0.1) is 23.9 Å². The van der Waals surface area contributed by atoms with Crippen LogP contribution in [0.4, 0.5) is 0 Å². The Bertz CT molecular complexity index is 465. The van der Waals surface area contributed by atoms with E-state index in [0.717, 1.165) is 10.8 Å². The first-order chi connectivity index (χ1) is 8.70. The van der Waals surface area contributed by atoms with Crippen molar-refractivity contribution in [1.29, 1.82) is 0 Å². The Morgan fingerprint density at radius 1 is 1.50 bits per heavy atom. The summed E-state index contributed by atoms with van der Waals surface area (Å²) in [6.07, 6.45) is 3.51. The van der Waals surface area contributed by atoms with Crippen LogP contribution >= 0.6 is 11.3 Å². The highest BCUT2D eigenvalue weighted by Crippen LogP contribution is 2.22. The van der Waals surface area contributed by atoms with Gasteiger partial charge in [-0.1, -0.05) is 13.8 Å². The van der Waals surface area contributed by atoms with Gasteiger partial charge < -0.3 is 14.8 Å². The molecule has 0 saturated heterocycles. The van der Waals surface area contributed by atoms with Gasteiger partial charge in [-0.05, 0) is 12.1 Å². The van der Waals surface area contributed by atoms with Gasteiger partial charge in [-0.2, -0.15) is 0 Å². The Kier molecular flexibility index (Phi) is 4.52. The minimum atomic E-state index is -0.162. The molecule has 0 radical (unpaired) electrons. The predicted molar refractivity (Wildman–Crippen MR) is 71.6 cm³/mol. The van der Waals surface area contributed by atoms with Crippen molar-refractivity contribution in [2.75, 3.05) is 6.61 Å². The fourth-order valence-corrected chi connectivity index (χ4v) is 2.51. The van der Waals surface area contributed by atoms with Gasteiger partial charge in [-0.25, -0.2) is 4.98 Å². The topological polar surface area (TPSA) is 58.3 Å². The maximum atomic E-state index is 9.33. The van der Waals surface area contributed by atoms with Gasteiger partial charge in [0.1, 0.15) is 5.76 Å². The van der Waals surface area contributed by atoms with Crippen LogP contribution in [0.15, 0.2) is 29.0 Å². The van der Waals surface area contributed by atoms with Crippen LogP contribution in [0.2, 0.25) is 0 Å². The molecule has 2 rings (SSSR count). The number of hydrogen-bond donors (Lipinski definition) is 2. The highest BCUT2D eigenvalue weighted by atomic mass is 32.1. The van der Waals surface area contributed by atoms with Gasteiger partial charge in [0.2, 0.25) is 0 Å². The monoisotopic (exact) mass is 266 g/mol. The van der Waals surface area contributed by atoms with E-state index in [1.54, 1.807) is 17.6 Å². The lowest BCUT2D eigenvalue weighted by Crippen LogP contribution is -2.23. The number of furan rings is 1. The molecule has 0 aliphatic heterocycles. The minimum absolute atomic E-state index is 0.0172. The summed E-state index contributed by atoms with van der Waals surface area (Å²) in [5.41, 5.74) is 0. The van der Waals surface area contributed by atoms with Crippen molar-refractivity contribution in [3.63, 3.8) is 0 Å². The predicted octanol–water partition coefficient (Wildman–Crippen LogP) is 2.68. The van der Waals surface area contributed by atoms with Gasteiger partial charge in [0.25, 0.3) is 0 Å². The first-order valence-corrected chi connectivity index (χ1v) is 6.84. The smallest absolute Gasteiger partial charge is 0.123 e. The van der Waals surface area contributed by atoms with Crippen LogP contribution in [0.3, 0.4) is 0 Å². The summed E-state index contributed by atoms with van der Waals surface area (Å²) >= 11 is 1.70. The molecule has 5 heteroatoms. The first kappa shape index (κ1) is 13.3. The molecule has 18 heavy (non-hydrogen) atoms. The van der Waals surface area contributed by atoms with Gasteiger partial charge in [-0.15, -0.1) is 11.3 Å². The van der Waals surface area contributed by atoms with Crippen LogP contribution in [0.1, 0.15) is 41.5 Å². The molecule has 0 saturated carbocycles. The van der Waals surface area contributed by atoms with Crippen LogP contribution in [-0.4, -0.2) is 16.7 Å². The largest absolute Gasteiger partial charge is 0.468 e. The van der Waals surface area contributed by atoms with Gasteiger partial charge in [0.15, 0.2) is 0 Å². The highest BCUT2D eigenvalue weighted by Gasteiger charge is 2.13. The van der Waals surface area contributed by atoms with E-state index in [2.05, 4.69) is 24.1 Å². The molecule has 0 spiro atoms. The second-order valence-corrected chi connectivity index (χ2v) is 5.60. The zero-order valence-corrected chi connectivity index (χ0v) is 11.4. The summed E-state index contributed by atoms with van der Waals surface area (Å²) in [6.45, 7) is 4.98. The summed E-state index contributed by atoms with van der Waals surface area (Å²) in [5.74, 6) is 1.22. The van der Waals surface area contributed by atoms with E-state index in [1.807, 2.05) is 18.3 Å². The fraction of sp³-hybridized carbons (Fsp3) is 0.462. The van der Waals surface area contributed by atoms with E-state index >= 15 is 0 Å². The lowest BCUT2D eigenvalue weighted by molar-refractivity contribution is 0.226. The molecule has 0 bridgehead atoms. The summed E-state index contributed by atoms with van der Waals surface area (Å²) in [5, 5.41) is 13.7. The van der Waals surface area contributed by atoms with E-state index in [0.29, 0.717) is 12.5 Å². The Hall–Kier alpha value is -1.17. The average molecular weight is 266 g/mol. The Labute approximate surface area is 111 Å². The molecule has 2 N–H and O–H groups in total. The summed E-state index contributed by atoms with van der Waals surface area (Å²) < 4.78 is 5.28. The van der Waals surface area contributed by atoms with E-state index < -0.39 is 0 Å². The summed E-state index contributed by atoms with van der Waals surface area (Å²) in [6, 6.07) is 3.52. The molecule has 1 unspecified atom stereocenters. The molecule has 4 nitrogen and oxygen atoms in total. The molecule has 98 valence electrons. The van der Waals surface area contributed by atoms with Crippen molar-refractivity contribution < 1.29 is 9.52 Å². The van der Waals surface area contributed by atoms with E-state index in [-0.39, 0.29) is 12.6 Å². The Balaban J connectivity index is 1.93. The molecule has 0 aliphatic carbocycles. The standard InChI is InChI=1S/C13H18N2O2S/c1-9(2)13-15-7-10(18-13)6-14-11(8-16)12-4-3-5-17-12/h3-5,7,9,11,14,16H,6,8H2,1-2H3. The van der Waals surface area contributed by atoms with Crippen molar-refractivity contribution in [2.45, 2.75) is 32.4 Å². The lowest BCUT2D eigenvalue weighted by atomic mass is 10.2. The number of aromatic nitrogens is 1. The van der Waals surface area contributed by atoms with Crippen LogP contribution in [0.5, 0.6) is 0 Å². The van der Waals surface area contributed by atoms with Crippen molar-refractivity contribution in [2.24, 2.45) is 0 Å². The SMILES string of the molecule is CC(C)c1ncc(CNC(CO)c2ccco2)s1. The number of hydrogen-bond acceptors (Lipinski definition) is 5. The molecule has 0 aromatic carbocycles. The molecule has 0 aliphatic rings. The van der Waals surface area contributed by atoms with Crippen molar-refractivity contribution in [3.05, 3.63) is 40.2 Å². The molecule has 2 aromatic heterocycles. The van der Waals surface area contributed by atoms with Crippen molar-refractivity contribution >= 4 is 11.3 Å². The van der Waals surface area contributed by atoms with E-state index in [4.69, 9.17) is 4.42 Å². The zero-order chi connectivity index (χ0) is 13.0. The minimum Gasteiger partial charge on any atom is -0.468 e. The molecule has 2 aromatic rings. The summed E-state index contributed by atoms with van der Waals surface area (Å²) in [7, 11) is 0.